The lowest BCUT2D eigenvalue weighted by molar-refractivity contribution is -0.142. The molecule has 0 bridgehead atoms. The van der Waals surface area contributed by atoms with Gasteiger partial charge in [-0.25, -0.2) is 0 Å². The molecular weight excluding hydrogens is 218 g/mol. The summed E-state index contributed by atoms with van der Waals surface area (Å²) in [5.74, 6) is -0.339. The van der Waals surface area contributed by atoms with Crippen LogP contribution in [0.3, 0.4) is 0 Å². The molecule has 0 unspecified atom stereocenters. The Hall–Kier alpha value is -2.15. The molecule has 0 N–H and O–H groups in total. The summed E-state index contributed by atoms with van der Waals surface area (Å²) in [5.41, 5.74) is 2.04. The van der Waals surface area contributed by atoms with Gasteiger partial charge in [0.15, 0.2) is 6.29 Å². The van der Waals surface area contributed by atoms with Gasteiger partial charge in [0.05, 0.1) is 18.6 Å². The van der Waals surface area contributed by atoms with Gasteiger partial charge in [-0.3, -0.25) is 9.59 Å². The number of ether oxygens (including phenoxy) is 1. The molecule has 0 heterocycles. The molecule has 4 nitrogen and oxygen atoms in total. The van der Waals surface area contributed by atoms with E-state index in [9.17, 15) is 9.59 Å². The number of nitriles is 1. The fraction of sp³-hybridized carbons (Fsp3) is 0.308. The summed E-state index contributed by atoms with van der Waals surface area (Å²) in [7, 11) is 0. The van der Waals surface area contributed by atoms with Crippen LogP contribution in [-0.2, 0) is 16.0 Å². The Balaban J connectivity index is 3.04. The van der Waals surface area contributed by atoms with E-state index in [4.69, 9.17) is 10.00 Å². The summed E-state index contributed by atoms with van der Waals surface area (Å²) in [6.45, 7) is 3.80. The van der Waals surface area contributed by atoms with Crippen molar-refractivity contribution >= 4 is 12.3 Å². The summed E-state index contributed by atoms with van der Waals surface area (Å²) in [4.78, 5) is 22.1. The van der Waals surface area contributed by atoms with Crippen molar-refractivity contribution in [1.82, 2.24) is 0 Å². The summed E-state index contributed by atoms with van der Waals surface area (Å²) in [5, 5.41) is 8.89. The predicted molar refractivity (Wildman–Crippen MR) is 61.6 cm³/mol. The molecule has 4 heteroatoms. The van der Waals surface area contributed by atoms with Gasteiger partial charge >= 0.3 is 5.97 Å². The van der Waals surface area contributed by atoms with Gasteiger partial charge in [0.2, 0.25) is 0 Å². The van der Waals surface area contributed by atoms with Gasteiger partial charge in [-0.2, -0.15) is 5.26 Å². The Labute approximate surface area is 99.8 Å². The molecule has 0 saturated carbocycles. The molecule has 0 saturated heterocycles. The molecule has 0 aromatic heterocycles. The molecule has 0 radical (unpaired) electrons. The maximum atomic E-state index is 11.3. The first-order valence-corrected chi connectivity index (χ1v) is 5.26. The third-order valence-electron chi connectivity index (χ3n) is 2.32. The number of aryl methyl sites for hydroxylation is 1. The van der Waals surface area contributed by atoms with Crippen LogP contribution < -0.4 is 0 Å². The Morgan fingerprint density at radius 2 is 2.24 bits per heavy atom. The SMILES string of the molecule is CCOC(=O)Cc1cc(C)c(C#N)c(C=O)c1. The van der Waals surface area contributed by atoms with E-state index < -0.39 is 0 Å². The number of hydrogen-bond donors (Lipinski definition) is 0. The van der Waals surface area contributed by atoms with Crippen molar-refractivity contribution in [2.45, 2.75) is 20.3 Å². The van der Waals surface area contributed by atoms with Gasteiger partial charge < -0.3 is 4.74 Å². The topological polar surface area (TPSA) is 67.2 Å². The number of carbonyl (C=O) groups is 2. The third-order valence-corrected chi connectivity index (χ3v) is 2.32. The van der Waals surface area contributed by atoms with E-state index in [1.54, 1.807) is 26.0 Å². The summed E-state index contributed by atoms with van der Waals surface area (Å²) in [6.07, 6.45) is 0.738. The summed E-state index contributed by atoms with van der Waals surface area (Å²) in [6, 6.07) is 5.25. The van der Waals surface area contributed by atoms with Gasteiger partial charge in [-0.1, -0.05) is 6.07 Å². The Bertz CT molecular complexity index is 486. The number of carbonyl (C=O) groups excluding carboxylic acids is 2. The number of rotatable bonds is 4. The molecule has 1 rings (SSSR count). The van der Waals surface area contributed by atoms with Crippen LogP contribution in [0.4, 0.5) is 0 Å². The average molecular weight is 231 g/mol. The Morgan fingerprint density at radius 3 is 2.76 bits per heavy atom. The summed E-state index contributed by atoms with van der Waals surface area (Å²) < 4.78 is 4.82. The van der Waals surface area contributed by atoms with Crippen LogP contribution in [0.5, 0.6) is 0 Å². The van der Waals surface area contributed by atoms with Crippen LogP contribution in [0.2, 0.25) is 0 Å². The zero-order chi connectivity index (χ0) is 12.8. The highest BCUT2D eigenvalue weighted by Crippen LogP contribution is 2.15. The van der Waals surface area contributed by atoms with Crippen molar-refractivity contribution in [3.05, 3.63) is 34.4 Å². The highest BCUT2D eigenvalue weighted by molar-refractivity contribution is 5.81. The van der Waals surface area contributed by atoms with E-state index in [1.165, 1.54) is 0 Å². The zero-order valence-corrected chi connectivity index (χ0v) is 9.82. The third kappa shape index (κ3) is 3.15. The van der Waals surface area contributed by atoms with Crippen molar-refractivity contribution < 1.29 is 14.3 Å². The monoisotopic (exact) mass is 231 g/mol. The van der Waals surface area contributed by atoms with Crippen LogP contribution in [-0.4, -0.2) is 18.9 Å². The second-order valence-corrected chi connectivity index (χ2v) is 3.59. The van der Waals surface area contributed by atoms with E-state index in [0.717, 1.165) is 0 Å². The minimum atomic E-state index is -0.339. The molecule has 0 aliphatic carbocycles. The fourth-order valence-electron chi connectivity index (χ4n) is 1.62. The molecular formula is C13H13NO3. The molecule has 0 amide bonds. The van der Waals surface area contributed by atoms with Crippen molar-refractivity contribution in [1.29, 1.82) is 5.26 Å². The van der Waals surface area contributed by atoms with Crippen LogP contribution >= 0.6 is 0 Å². The normalized spacial score (nSPS) is 9.47. The highest BCUT2D eigenvalue weighted by Gasteiger charge is 2.10. The molecule has 0 atom stereocenters. The lowest BCUT2D eigenvalue weighted by Gasteiger charge is -2.06. The van der Waals surface area contributed by atoms with Crippen LogP contribution in [0.15, 0.2) is 12.1 Å². The smallest absolute Gasteiger partial charge is 0.310 e. The minimum Gasteiger partial charge on any atom is -0.466 e. The van der Waals surface area contributed by atoms with Gasteiger partial charge in [0.1, 0.15) is 6.07 Å². The number of hydrogen-bond acceptors (Lipinski definition) is 4. The number of benzene rings is 1. The first-order chi connectivity index (χ1) is 8.12. The highest BCUT2D eigenvalue weighted by atomic mass is 16.5. The molecule has 0 fully saturated rings. The van der Waals surface area contributed by atoms with Crippen LogP contribution in [0.1, 0.15) is 34.0 Å². The predicted octanol–water partition coefficient (Wildman–Crippen LogP) is 1.78. The van der Waals surface area contributed by atoms with Crippen LogP contribution in [0, 0.1) is 18.3 Å². The van der Waals surface area contributed by atoms with E-state index >= 15 is 0 Å². The average Bonchev–Trinajstić information content (AvgIpc) is 2.28. The van der Waals surface area contributed by atoms with Crippen molar-refractivity contribution in [2.24, 2.45) is 0 Å². The van der Waals surface area contributed by atoms with Crippen molar-refractivity contribution in [3.8, 4) is 6.07 Å². The first-order valence-electron chi connectivity index (χ1n) is 5.26. The van der Waals surface area contributed by atoms with Gasteiger partial charge in [0, 0.05) is 5.56 Å². The molecule has 1 aromatic rings. The van der Waals surface area contributed by atoms with Crippen LogP contribution in [0.25, 0.3) is 0 Å². The van der Waals surface area contributed by atoms with Gasteiger partial charge in [0.25, 0.3) is 0 Å². The second kappa shape index (κ2) is 5.80. The van der Waals surface area contributed by atoms with Gasteiger partial charge in [-0.15, -0.1) is 0 Å². The Morgan fingerprint density at radius 1 is 1.53 bits per heavy atom. The van der Waals surface area contributed by atoms with E-state index in [0.29, 0.717) is 35.1 Å². The molecule has 0 spiro atoms. The molecule has 0 aliphatic rings. The first kappa shape index (κ1) is 12.9. The van der Waals surface area contributed by atoms with E-state index in [2.05, 4.69) is 0 Å². The number of esters is 1. The maximum Gasteiger partial charge on any atom is 0.310 e. The number of aldehydes is 1. The molecule has 17 heavy (non-hydrogen) atoms. The molecule has 0 aliphatic heterocycles. The van der Waals surface area contributed by atoms with Gasteiger partial charge in [-0.05, 0) is 31.0 Å². The van der Waals surface area contributed by atoms with Crippen molar-refractivity contribution in [3.63, 3.8) is 0 Å². The number of nitrogens with zero attached hydrogens (tertiary/aromatic N) is 1. The largest absolute Gasteiger partial charge is 0.466 e. The van der Waals surface area contributed by atoms with E-state index in [-0.39, 0.29) is 12.4 Å². The maximum absolute atomic E-state index is 11.3. The molecule has 88 valence electrons. The quantitative estimate of drug-likeness (QED) is 0.585. The standard InChI is InChI=1S/C13H13NO3/c1-3-17-13(16)6-10-4-9(2)12(7-14)11(5-10)8-15/h4-5,8H,3,6H2,1-2H3. The summed E-state index contributed by atoms with van der Waals surface area (Å²) >= 11 is 0. The second-order valence-electron chi connectivity index (χ2n) is 3.59. The lowest BCUT2D eigenvalue weighted by atomic mass is 9.98. The van der Waals surface area contributed by atoms with Crippen molar-refractivity contribution in [2.75, 3.05) is 6.61 Å². The minimum absolute atomic E-state index is 0.112. The van der Waals surface area contributed by atoms with E-state index in [1.807, 2.05) is 6.07 Å². The Kier molecular flexibility index (Phi) is 4.41. The zero-order valence-electron chi connectivity index (χ0n) is 9.82. The fourth-order valence-corrected chi connectivity index (χ4v) is 1.62. The molecule has 1 aromatic carbocycles. The lowest BCUT2D eigenvalue weighted by Crippen LogP contribution is -2.08.